The number of hydrogen-bond acceptors (Lipinski definition) is 6. The molecule has 2 aromatic rings. The molecular formula is C18H27N5O3S. The summed E-state index contributed by atoms with van der Waals surface area (Å²) in [5.74, 6) is 1.15. The van der Waals surface area contributed by atoms with Gasteiger partial charge in [0.15, 0.2) is 0 Å². The number of aromatic nitrogens is 3. The van der Waals surface area contributed by atoms with Crippen LogP contribution in [0.25, 0.3) is 11.3 Å². The molecular weight excluding hydrogens is 366 g/mol. The van der Waals surface area contributed by atoms with Gasteiger partial charge in [-0.05, 0) is 51.5 Å². The molecule has 0 unspecified atom stereocenters. The lowest BCUT2D eigenvalue weighted by Gasteiger charge is -2.23. The van der Waals surface area contributed by atoms with Gasteiger partial charge < -0.3 is 4.52 Å². The highest BCUT2D eigenvalue weighted by atomic mass is 32.2. The molecule has 3 rings (SSSR count). The lowest BCUT2D eigenvalue weighted by molar-refractivity contribution is 0.376. The molecule has 0 N–H and O–H groups in total. The van der Waals surface area contributed by atoms with Gasteiger partial charge in [-0.1, -0.05) is 5.16 Å². The van der Waals surface area contributed by atoms with Crippen LogP contribution in [0.15, 0.2) is 16.9 Å². The van der Waals surface area contributed by atoms with E-state index in [-0.39, 0.29) is 0 Å². The molecule has 0 spiro atoms. The SMILES string of the molecule is Cc1noc(C)c1-c1cc(C[C@@H]2CCCN(S(=O)(=O)N(C)C)CC2)ncn1. The Kier molecular flexibility index (Phi) is 5.92. The summed E-state index contributed by atoms with van der Waals surface area (Å²) in [6.07, 6.45) is 5.08. The Morgan fingerprint density at radius 3 is 2.67 bits per heavy atom. The highest BCUT2D eigenvalue weighted by Crippen LogP contribution is 2.27. The number of hydrogen-bond donors (Lipinski definition) is 0. The van der Waals surface area contributed by atoms with Crippen molar-refractivity contribution in [2.75, 3.05) is 27.2 Å². The first kappa shape index (κ1) is 19.9. The smallest absolute Gasteiger partial charge is 0.281 e. The largest absolute Gasteiger partial charge is 0.361 e. The third kappa shape index (κ3) is 4.36. The number of nitrogens with zero attached hydrogens (tertiary/aromatic N) is 5. The van der Waals surface area contributed by atoms with Crippen molar-refractivity contribution in [3.05, 3.63) is 29.5 Å². The molecule has 0 amide bonds. The summed E-state index contributed by atoms with van der Waals surface area (Å²) in [7, 11) is -0.185. The second-order valence-corrected chi connectivity index (χ2v) is 9.43. The van der Waals surface area contributed by atoms with Crippen LogP contribution in [0.1, 0.15) is 36.4 Å². The van der Waals surface area contributed by atoms with E-state index in [1.165, 1.54) is 4.31 Å². The Morgan fingerprint density at radius 2 is 2.00 bits per heavy atom. The summed E-state index contributed by atoms with van der Waals surface area (Å²) < 4.78 is 32.8. The molecule has 0 aliphatic carbocycles. The zero-order valence-electron chi connectivity index (χ0n) is 16.3. The molecule has 1 saturated heterocycles. The molecule has 1 aliphatic rings. The molecule has 0 saturated carbocycles. The molecule has 1 aliphatic heterocycles. The molecule has 1 fully saturated rings. The second kappa shape index (κ2) is 8.04. The van der Waals surface area contributed by atoms with Crippen molar-refractivity contribution < 1.29 is 12.9 Å². The van der Waals surface area contributed by atoms with Crippen molar-refractivity contribution in [3.8, 4) is 11.3 Å². The first-order valence-corrected chi connectivity index (χ1v) is 10.6. The van der Waals surface area contributed by atoms with E-state index < -0.39 is 10.2 Å². The molecule has 27 heavy (non-hydrogen) atoms. The fourth-order valence-electron chi connectivity index (χ4n) is 3.60. The van der Waals surface area contributed by atoms with Gasteiger partial charge in [0.05, 0.1) is 17.0 Å². The van der Waals surface area contributed by atoms with Gasteiger partial charge in [-0.3, -0.25) is 0 Å². The maximum Gasteiger partial charge on any atom is 0.281 e. The Labute approximate surface area is 160 Å². The summed E-state index contributed by atoms with van der Waals surface area (Å²) in [4.78, 5) is 8.80. The van der Waals surface area contributed by atoms with Crippen LogP contribution < -0.4 is 0 Å². The zero-order chi connectivity index (χ0) is 19.6. The monoisotopic (exact) mass is 393 g/mol. The molecule has 2 aromatic heterocycles. The van der Waals surface area contributed by atoms with E-state index in [0.717, 1.165) is 54.1 Å². The first-order valence-electron chi connectivity index (χ1n) is 9.20. The van der Waals surface area contributed by atoms with Gasteiger partial charge in [0.1, 0.15) is 12.1 Å². The van der Waals surface area contributed by atoms with Gasteiger partial charge in [0.2, 0.25) is 0 Å². The number of aryl methyl sites for hydroxylation is 2. The molecule has 0 aromatic carbocycles. The van der Waals surface area contributed by atoms with Crippen LogP contribution in [0.4, 0.5) is 0 Å². The van der Waals surface area contributed by atoms with Crippen molar-refractivity contribution in [2.45, 2.75) is 39.5 Å². The van der Waals surface area contributed by atoms with Crippen molar-refractivity contribution >= 4 is 10.2 Å². The molecule has 148 valence electrons. The van der Waals surface area contributed by atoms with E-state index >= 15 is 0 Å². The third-order valence-electron chi connectivity index (χ3n) is 5.11. The van der Waals surface area contributed by atoms with E-state index in [1.807, 2.05) is 19.9 Å². The standard InChI is InChI=1S/C18H27N5O3S/c1-13-18(14(2)26-21-13)17-11-16(19-12-20-17)10-15-6-5-8-23(9-7-15)27(24,25)22(3)4/h11-12,15H,5-10H2,1-4H3/t15-/m1/s1. The lowest BCUT2D eigenvalue weighted by atomic mass is 9.94. The van der Waals surface area contributed by atoms with E-state index in [0.29, 0.717) is 19.0 Å². The Morgan fingerprint density at radius 1 is 1.22 bits per heavy atom. The molecule has 8 nitrogen and oxygen atoms in total. The minimum atomic E-state index is -3.34. The maximum absolute atomic E-state index is 12.4. The van der Waals surface area contributed by atoms with Crippen LogP contribution in [0.2, 0.25) is 0 Å². The van der Waals surface area contributed by atoms with Crippen LogP contribution in [0.5, 0.6) is 0 Å². The minimum absolute atomic E-state index is 0.403. The van der Waals surface area contributed by atoms with Gasteiger partial charge >= 0.3 is 0 Å². The summed E-state index contributed by atoms with van der Waals surface area (Å²) >= 11 is 0. The van der Waals surface area contributed by atoms with Crippen LogP contribution in [0.3, 0.4) is 0 Å². The van der Waals surface area contributed by atoms with E-state index in [1.54, 1.807) is 24.7 Å². The lowest BCUT2D eigenvalue weighted by Crippen LogP contribution is -2.40. The zero-order valence-corrected chi connectivity index (χ0v) is 17.2. The summed E-state index contributed by atoms with van der Waals surface area (Å²) in [6, 6.07) is 1.99. The first-order chi connectivity index (χ1) is 12.8. The van der Waals surface area contributed by atoms with Crippen molar-refractivity contribution in [3.63, 3.8) is 0 Å². The Balaban J connectivity index is 1.71. The second-order valence-electron chi connectivity index (χ2n) is 7.28. The van der Waals surface area contributed by atoms with Gasteiger partial charge in [-0.15, -0.1) is 0 Å². The molecule has 1 atom stereocenters. The average molecular weight is 394 g/mol. The van der Waals surface area contributed by atoms with E-state index in [9.17, 15) is 8.42 Å². The van der Waals surface area contributed by atoms with Crippen LogP contribution in [-0.4, -0.2) is 59.3 Å². The number of rotatable bonds is 5. The fraction of sp³-hybridized carbons (Fsp3) is 0.611. The summed E-state index contributed by atoms with van der Waals surface area (Å²) in [5, 5.41) is 3.99. The van der Waals surface area contributed by atoms with Crippen molar-refractivity contribution in [2.24, 2.45) is 5.92 Å². The van der Waals surface area contributed by atoms with Gasteiger partial charge in [0.25, 0.3) is 10.2 Å². The Hall–Kier alpha value is -1.84. The predicted molar refractivity (Wildman–Crippen MR) is 102 cm³/mol. The van der Waals surface area contributed by atoms with Gasteiger partial charge in [-0.25, -0.2) is 9.97 Å². The molecule has 0 bridgehead atoms. The minimum Gasteiger partial charge on any atom is -0.361 e. The summed E-state index contributed by atoms with van der Waals surface area (Å²) in [6.45, 7) is 4.90. The highest BCUT2D eigenvalue weighted by Gasteiger charge is 2.28. The summed E-state index contributed by atoms with van der Waals surface area (Å²) in [5.41, 5.74) is 3.52. The molecule has 0 radical (unpaired) electrons. The maximum atomic E-state index is 12.4. The third-order valence-corrected chi connectivity index (χ3v) is 7.05. The average Bonchev–Trinajstić information content (AvgIpc) is 2.81. The highest BCUT2D eigenvalue weighted by molar-refractivity contribution is 7.86. The van der Waals surface area contributed by atoms with Gasteiger partial charge in [-0.2, -0.15) is 17.0 Å². The van der Waals surface area contributed by atoms with Crippen molar-refractivity contribution in [1.29, 1.82) is 0 Å². The fourth-order valence-corrected chi connectivity index (χ4v) is 4.75. The van der Waals surface area contributed by atoms with E-state index in [4.69, 9.17) is 4.52 Å². The normalized spacial score (nSPS) is 19.4. The van der Waals surface area contributed by atoms with Crippen LogP contribution in [0, 0.1) is 19.8 Å². The predicted octanol–water partition coefficient (Wildman–Crippen LogP) is 2.20. The van der Waals surface area contributed by atoms with E-state index in [2.05, 4.69) is 15.1 Å². The van der Waals surface area contributed by atoms with Crippen LogP contribution in [-0.2, 0) is 16.6 Å². The Bertz CT molecular complexity index is 875. The molecule has 3 heterocycles. The topological polar surface area (TPSA) is 92.4 Å². The van der Waals surface area contributed by atoms with Crippen molar-refractivity contribution in [1.82, 2.24) is 23.7 Å². The van der Waals surface area contributed by atoms with Crippen LogP contribution >= 0.6 is 0 Å². The van der Waals surface area contributed by atoms with Gasteiger partial charge in [0, 0.05) is 32.9 Å². The molecule has 9 heteroatoms. The quantitative estimate of drug-likeness (QED) is 0.773.